The van der Waals surface area contributed by atoms with Crippen LogP contribution in [0.25, 0.3) is 0 Å². The van der Waals surface area contributed by atoms with Crippen LogP contribution >= 0.6 is 0 Å². The molecule has 186 valence electrons. The Bertz CT molecular complexity index is 1470. The Hall–Kier alpha value is -4.05. The molecular formula is C26H25N3O6S. The number of sulfone groups is 1. The van der Waals surface area contributed by atoms with Gasteiger partial charge in [0.2, 0.25) is 5.91 Å². The SMILES string of the molecule is COc1ccc(S(=O)(=O)C2(C)C=CC=C3C2=NCC(C(N)=O)=C3Nc2cccc3c2OCCO3)cc1. The van der Waals surface area contributed by atoms with Gasteiger partial charge in [0.25, 0.3) is 0 Å². The van der Waals surface area contributed by atoms with Crippen LogP contribution in [0.1, 0.15) is 6.92 Å². The molecular weight excluding hydrogens is 482 g/mol. The zero-order chi connectivity index (χ0) is 25.5. The molecule has 0 radical (unpaired) electrons. The smallest absolute Gasteiger partial charge is 0.248 e. The topological polar surface area (TPSA) is 129 Å². The Morgan fingerprint density at radius 2 is 1.89 bits per heavy atom. The molecule has 1 atom stereocenters. The molecule has 2 aromatic carbocycles. The summed E-state index contributed by atoms with van der Waals surface area (Å²) in [6.45, 7) is 2.34. The highest BCUT2D eigenvalue weighted by molar-refractivity contribution is 7.93. The zero-order valence-electron chi connectivity index (χ0n) is 19.8. The molecule has 3 N–H and O–H groups in total. The van der Waals surface area contributed by atoms with Crippen LogP contribution in [0.5, 0.6) is 17.2 Å². The summed E-state index contributed by atoms with van der Waals surface area (Å²) in [5, 5.41) is 3.26. The number of anilines is 1. The van der Waals surface area contributed by atoms with Crippen LogP contribution in [0.3, 0.4) is 0 Å². The minimum Gasteiger partial charge on any atom is -0.497 e. The second kappa shape index (κ2) is 8.87. The van der Waals surface area contributed by atoms with Gasteiger partial charge in [-0.05, 0) is 43.3 Å². The first-order valence-electron chi connectivity index (χ1n) is 11.3. The van der Waals surface area contributed by atoms with Gasteiger partial charge in [-0.1, -0.05) is 24.3 Å². The van der Waals surface area contributed by atoms with Gasteiger partial charge in [-0.2, -0.15) is 0 Å². The summed E-state index contributed by atoms with van der Waals surface area (Å²) in [6.07, 6.45) is 4.98. The largest absolute Gasteiger partial charge is 0.497 e. The average molecular weight is 508 g/mol. The number of nitrogens with two attached hydrogens (primary N) is 1. The number of amides is 1. The maximum atomic E-state index is 13.9. The summed E-state index contributed by atoms with van der Waals surface area (Å²) >= 11 is 0. The van der Waals surface area contributed by atoms with E-state index in [1.165, 1.54) is 19.2 Å². The summed E-state index contributed by atoms with van der Waals surface area (Å²) in [7, 11) is -2.42. The van der Waals surface area contributed by atoms with Crippen molar-refractivity contribution < 1.29 is 27.4 Å². The highest BCUT2D eigenvalue weighted by atomic mass is 32.2. The summed E-state index contributed by atoms with van der Waals surface area (Å²) in [5.41, 5.74) is 7.67. The van der Waals surface area contributed by atoms with E-state index in [1.807, 2.05) is 0 Å². The molecule has 9 nitrogen and oxygen atoms in total. The third kappa shape index (κ3) is 3.74. The number of benzene rings is 2. The Balaban J connectivity index is 1.57. The van der Waals surface area contributed by atoms with Crippen LogP contribution < -0.4 is 25.3 Å². The van der Waals surface area contributed by atoms with Crippen molar-refractivity contribution in [2.75, 3.05) is 32.2 Å². The molecule has 0 saturated heterocycles. The molecule has 5 rings (SSSR count). The van der Waals surface area contributed by atoms with Gasteiger partial charge in [0.05, 0.1) is 41.2 Å². The molecule has 2 heterocycles. The molecule has 2 aliphatic heterocycles. The predicted molar refractivity (Wildman–Crippen MR) is 135 cm³/mol. The third-order valence-corrected chi connectivity index (χ3v) is 8.76. The number of aliphatic imine (C=N–C) groups is 1. The molecule has 1 amide bonds. The quantitative estimate of drug-likeness (QED) is 0.615. The average Bonchev–Trinajstić information content (AvgIpc) is 2.89. The van der Waals surface area contributed by atoms with Gasteiger partial charge in [-0.15, -0.1) is 0 Å². The second-order valence-corrected chi connectivity index (χ2v) is 10.9. The number of carbonyl (C=O) groups excluding carboxylic acids is 1. The van der Waals surface area contributed by atoms with Gasteiger partial charge in [0.15, 0.2) is 21.3 Å². The van der Waals surface area contributed by atoms with E-state index < -0.39 is 20.5 Å². The lowest BCUT2D eigenvalue weighted by atomic mass is 9.86. The van der Waals surface area contributed by atoms with Gasteiger partial charge >= 0.3 is 0 Å². The van der Waals surface area contributed by atoms with Crippen molar-refractivity contribution in [2.24, 2.45) is 10.7 Å². The van der Waals surface area contributed by atoms with Crippen molar-refractivity contribution in [1.29, 1.82) is 0 Å². The predicted octanol–water partition coefficient (Wildman–Crippen LogP) is 2.80. The summed E-state index contributed by atoms with van der Waals surface area (Å²) in [5.74, 6) is 0.968. The van der Waals surface area contributed by atoms with Crippen LogP contribution in [0, 0.1) is 0 Å². The standard InChI is InChI=1S/C26H25N3O6S/c1-26(36(31,32)17-10-8-16(33-2)9-11-17)12-4-5-18-22(19(25(27)30)15-28-24(18)26)29-20-6-3-7-21-23(20)35-14-13-34-21/h3-12,29H,13-15H2,1-2H3,(H2,27,30). The number of methoxy groups -OCH3 is 1. The van der Waals surface area contributed by atoms with E-state index >= 15 is 0 Å². The van der Waals surface area contributed by atoms with Gasteiger partial charge in [-0.3, -0.25) is 9.79 Å². The fourth-order valence-corrected chi connectivity index (χ4v) is 6.13. The first kappa shape index (κ1) is 23.7. The maximum Gasteiger partial charge on any atom is 0.248 e. The first-order chi connectivity index (χ1) is 17.3. The molecule has 3 aliphatic rings. The van der Waals surface area contributed by atoms with Crippen LogP contribution in [0.2, 0.25) is 0 Å². The number of dihydropyridines is 1. The van der Waals surface area contributed by atoms with Crippen molar-refractivity contribution in [3.63, 3.8) is 0 Å². The van der Waals surface area contributed by atoms with Crippen LogP contribution in [0.15, 0.2) is 87.4 Å². The number of nitrogens with zero attached hydrogens (tertiary/aromatic N) is 1. The highest BCUT2D eigenvalue weighted by Gasteiger charge is 2.47. The molecule has 10 heteroatoms. The van der Waals surface area contributed by atoms with Gasteiger partial charge in [0.1, 0.15) is 23.7 Å². The number of para-hydroxylation sites is 1. The zero-order valence-corrected chi connectivity index (χ0v) is 20.6. The van der Waals surface area contributed by atoms with E-state index in [1.54, 1.807) is 55.5 Å². The van der Waals surface area contributed by atoms with Crippen LogP contribution in [-0.4, -0.2) is 51.7 Å². The summed E-state index contributed by atoms with van der Waals surface area (Å²) in [4.78, 5) is 17.1. The van der Waals surface area contributed by atoms with Crippen molar-refractivity contribution in [2.45, 2.75) is 16.6 Å². The first-order valence-corrected chi connectivity index (χ1v) is 12.8. The number of hydrogen-bond acceptors (Lipinski definition) is 8. The lowest BCUT2D eigenvalue weighted by Crippen LogP contribution is -2.46. The molecule has 0 aromatic heterocycles. The molecule has 1 aliphatic carbocycles. The molecule has 0 bridgehead atoms. The molecule has 0 saturated carbocycles. The lowest BCUT2D eigenvalue weighted by Gasteiger charge is -2.35. The van der Waals surface area contributed by atoms with Crippen LogP contribution in [-0.2, 0) is 14.6 Å². The number of hydrogen-bond donors (Lipinski definition) is 2. The number of allylic oxidation sites excluding steroid dienone is 3. The molecule has 1 unspecified atom stereocenters. The fourth-order valence-electron chi connectivity index (χ4n) is 4.46. The number of primary amides is 1. The lowest BCUT2D eigenvalue weighted by molar-refractivity contribution is -0.114. The van der Waals surface area contributed by atoms with Gasteiger partial charge < -0.3 is 25.3 Å². The fraction of sp³-hybridized carbons (Fsp3) is 0.231. The Labute approximate surface area is 208 Å². The Morgan fingerprint density at radius 1 is 1.14 bits per heavy atom. The number of carbonyl (C=O) groups is 1. The maximum absolute atomic E-state index is 13.9. The Kier molecular flexibility index (Phi) is 5.83. The minimum atomic E-state index is -3.93. The van der Waals surface area contributed by atoms with E-state index in [-0.39, 0.29) is 17.0 Å². The number of nitrogens with one attached hydrogen (secondary N) is 1. The molecule has 0 spiro atoms. The molecule has 36 heavy (non-hydrogen) atoms. The monoisotopic (exact) mass is 507 g/mol. The third-order valence-electron chi connectivity index (χ3n) is 6.42. The van der Waals surface area contributed by atoms with E-state index in [0.717, 1.165) is 0 Å². The van der Waals surface area contributed by atoms with Crippen LogP contribution in [0.4, 0.5) is 5.69 Å². The van der Waals surface area contributed by atoms with Crippen molar-refractivity contribution in [1.82, 2.24) is 0 Å². The normalized spacial score (nSPS) is 20.7. The van der Waals surface area contributed by atoms with E-state index in [2.05, 4.69) is 10.3 Å². The van der Waals surface area contributed by atoms with Gasteiger partial charge in [-0.25, -0.2) is 8.42 Å². The number of fused-ring (bicyclic) bond motifs is 2. The molecule has 0 fully saturated rings. The summed E-state index contributed by atoms with van der Waals surface area (Å²) < 4.78 is 42.9. The molecule has 2 aromatic rings. The van der Waals surface area contributed by atoms with Gasteiger partial charge in [0, 0.05) is 5.57 Å². The number of rotatable bonds is 6. The van der Waals surface area contributed by atoms with Crippen molar-refractivity contribution >= 4 is 27.1 Å². The number of ether oxygens (including phenoxy) is 3. The van der Waals surface area contributed by atoms with E-state index in [9.17, 15) is 13.2 Å². The Morgan fingerprint density at radius 3 is 2.61 bits per heavy atom. The summed E-state index contributed by atoms with van der Waals surface area (Å²) in [6, 6.07) is 11.6. The van der Waals surface area contributed by atoms with Crippen molar-refractivity contribution in [3.8, 4) is 17.2 Å². The van der Waals surface area contributed by atoms with E-state index in [0.29, 0.717) is 53.1 Å². The highest BCUT2D eigenvalue weighted by Crippen LogP contribution is 2.42. The second-order valence-electron chi connectivity index (χ2n) is 8.56. The van der Waals surface area contributed by atoms with E-state index in [4.69, 9.17) is 19.9 Å². The minimum absolute atomic E-state index is 0.0711. The van der Waals surface area contributed by atoms with Crippen molar-refractivity contribution in [3.05, 3.63) is 77.5 Å².